The number of nitrogens with two attached hydrogens (primary N) is 1. The van der Waals surface area contributed by atoms with E-state index in [-0.39, 0.29) is 11.2 Å². The third-order valence-corrected chi connectivity index (χ3v) is 4.99. The van der Waals surface area contributed by atoms with E-state index in [0.29, 0.717) is 6.61 Å². The van der Waals surface area contributed by atoms with Gasteiger partial charge in [-0.25, -0.2) is 13.6 Å². The summed E-state index contributed by atoms with van der Waals surface area (Å²) in [5, 5.41) is 5.27. The summed E-state index contributed by atoms with van der Waals surface area (Å²) in [4.78, 5) is 0. The zero-order chi connectivity index (χ0) is 14.2. The molecule has 1 saturated carbocycles. The highest BCUT2D eigenvalue weighted by Crippen LogP contribution is 2.36. The van der Waals surface area contributed by atoms with Crippen molar-refractivity contribution in [2.24, 2.45) is 10.6 Å². The molecule has 0 aromatic rings. The minimum atomic E-state index is -3.43. The van der Waals surface area contributed by atoms with Crippen molar-refractivity contribution in [3.63, 3.8) is 0 Å². The first kappa shape index (κ1) is 16.9. The van der Waals surface area contributed by atoms with Gasteiger partial charge in [0.25, 0.3) is 0 Å². The molecule has 4 nitrogen and oxygen atoms in total. The molecule has 0 radical (unpaired) electrons. The minimum Gasteiger partial charge on any atom is -0.381 e. The van der Waals surface area contributed by atoms with Crippen LogP contribution in [0.25, 0.3) is 0 Å². The van der Waals surface area contributed by atoms with Gasteiger partial charge in [-0.15, -0.1) is 0 Å². The minimum absolute atomic E-state index is 0.0772. The monoisotopic (exact) mass is 291 g/mol. The average molecular weight is 291 g/mol. The molecule has 0 aromatic heterocycles. The number of rotatable bonds is 8. The van der Waals surface area contributed by atoms with Gasteiger partial charge in [-0.05, 0) is 19.3 Å². The van der Waals surface area contributed by atoms with Gasteiger partial charge in [-0.2, -0.15) is 0 Å². The molecule has 1 aliphatic rings. The highest BCUT2D eigenvalue weighted by atomic mass is 32.2. The van der Waals surface area contributed by atoms with Crippen LogP contribution in [0.3, 0.4) is 0 Å². The van der Waals surface area contributed by atoms with Gasteiger partial charge in [-0.3, -0.25) is 0 Å². The number of unbranched alkanes of at least 4 members (excludes halogenated alkanes) is 2. The van der Waals surface area contributed by atoms with Crippen molar-refractivity contribution in [3.8, 4) is 0 Å². The van der Waals surface area contributed by atoms with Crippen LogP contribution in [0.2, 0.25) is 0 Å². The lowest BCUT2D eigenvalue weighted by atomic mass is 9.83. The maximum absolute atomic E-state index is 11.5. The Bertz CT molecular complexity index is 333. The molecule has 2 N–H and O–H groups in total. The second kappa shape index (κ2) is 8.22. The van der Waals surface area contributed by atoms with Gasteiger partial charge in [0.15, 0.2) is 0 Å². The summed E-state index contributed by atoms with van der Waals surface area (Å²) < 4.78 is 28.7. The van der Waals surface area contributed by atoms with Gasteiger partial charge >= 0.3 is 0 Å². The van der Waals surface area contributed by atoms with E-state index in [2.05, 4.69) is 6.92 Å². The molecule has 0 bridgehead atoms. The van der Waals surface area contributed by atoms with Gasteiger partial charge in [0.05, 0.1) is 12.4 Å². The molecule has 0 aromatic carbocycles. The molecule has 0 amide bonds. The van der Waals surface area contributed by atoms with Crippen LogP contribution in [0.5, 0.6) is 0 Å². The van der Waals surface area contributed by atoms with E-state index in [1.807, 2.05) is 0 Å². The summed E-state index contributed by atoms with van der Waals surface area (Å²) >= 11 is 0. The van der Waals surface area contributed by atoms with Crippen LogP contribution in [-0.2, 0) is 14.8 Å². The number of hydrogen-bond acceptors (Lipinski definition) is 3. The normalized spacial score (nSPS) is 20.1. The van der Waals surface area contributed by atoms with E-state index in [4.69, 9.17) is 9.88 Å². The molecule has 1 rings (SSSR count). The summed E-state index contributed by atoms with van der Waals surface area (Å²) in [6, 6.07) is 0. The van der Waals surface area contributed by atoms with Gasteiger partial charge in [0.1, 0.15) is 0 Å². The topological polar surface area (TPSA) is 69.4 Å². The summed E-state index contributed by atoms with van der Waals surface area (Å²) in [7, 11) is -3.43. The van der Waals surface area contributed by atoms with Crippen molar-refractivity contribution < 1.29 is 13.2 Å². The van der Waals surface area contributed by atoms with Crippen LogP contribution < -0.4 is 5.14 Å². The van der Waals surface area contributed by atoms with Crippen molar-refractivity contribution in [1.82, 2.24) is 0 Å². The fraction of sp³-hybridized carbons (Fsp3) is 1.00. The number of hydrogen-bond donors (Lipinski definition) is 1. The molecule has 0 saturated heterocycles. The van der Waals surface area contributed by atoms with Crippen LogP contribution in [-0.4, -0.2) is 27.4 Å². The second-order valence-corrected chi connectivity index (χ2v) is 7.60. The van der Waals surface area contributed by atoms with E-state index in [1.165, 1.54) is 25.7 Å². The van der Waals surface area contributed by atoms with Crippen molar-refractivity contribution >= 4 is 10.0 Å². The lowest BCUT2D eigenvalue weighted by Crippen LogP contribution is -2.37. The summed E-state index contributed by atoms with van der Waals surface area (Å²) in [6.45, 7) is 3.45. The number of primary sulfonamides is 1. The number of ether oxygens (including phenoxy) is 1. The Kier molecular flexibility index (Phi) is 7.32. The quantitative estimate of drug-likeness (QED) is 0.552. The van der Waals surface area contributed by atoms with Crippen molar-refractivity contribution in [2.45, 2.75) is 64.7 Å². The van der Waals surface area contributed by atoms with Crippen LogP contribution in [0.15, 0.2) is 0 Å². The zero-order valence-electron chi connectivity index (χ0n) is 12.2. The van der Waals surface area contributed by atoms with Crippen LogP contribution in [0.1, 0.15) is 64.7 Å². The second-order valence-electron chi connectivity index (χ2n) is 5.98. The van der Waals surface area contributed by atoms with E-state index < -0.39 is 10.0 Å². The lowest BCUT2D eigenvalue weighted by Gasteiger charge is -2.31. The lowest BCUT2D eigenvalue weighted by molar-refractivity contribution is 0.0440. The molecule has 19 heavy (non-hydrogen) atoms. The van der Waals surface area contributed by atoms with Gasteiger partial charge in [0, 0.05) is 12.0 Å². The highest BCUT2D eigenvalue weighted by molar-refractivity contribution is 7.89. The molecule has 0 aliphatic heterocycles. The van der Waals surface area contributed by atoms with Crippen molar-refractivity contribution in [2.75, 3.05) is 19.0 Å². The van der Waals surface area contributed by atoms with Gasteiger partial charge in [0.2, 0.25) is 10.0 Å². The maximum Gasteiger partial charge on any atom is 0.209 e. The van der Waals surface area contributed by atoms with Crippen molar-refractivity contribution in [3.05, 3.63) is 0 Å². The Labute approximate surface area is 118 Å². The Morgan fingerprint density at radius 2 is 1.74 bits per heavy atom. The molecule has 114 valence electrons. The predicted molar refractivity (Wildman–Crippen MR) is 78.5 cm³/mol. The molecule has 5 heteroatoms. The first-order chi connectivity index (χ1) is 8.97. The Hall–Kier alpha value is -0.130. The first-order valence-corrected chi connectivity index (χ1v) is 9.27. The molecule has 0 atom stereocenters. The first-order valence-electron chi connectivity index (χ1n) is 7.56. The van der Waals surface area contributed by atoms with Crippen LogP contribution in [0.4, 0.5) is 0 Å². The Morgan fingerprint density at radius 3 is 2.26 bits per heavy atom. The van der Waals surface area contributed by atoms with E-state index in [9.17, 15) is 8.42 Å². The van der Waals surface area contributed by atoms with Gasteiger partial charge < -0.3 is 4.74 Å². The molecule has 1 fully saturated rings. The van der Waals surface area contributed by atoms with E-state index in [0.717, 1.165) is 38.7 Å². The maximum atomic E-state index is 11.5. The van der Waals surface area contributed by atoms with Crippen LogP contribution >= 0.6 is 0 Å². The standard InChI is InChI=1S/C14H29NO3S/c1-2-3-8-11-18-12-14(13-19(15,16)17)9-6-4-5-7-10-14/h2-13H2,1H3,(H2,15,16,17). The third-order valence-electron chi connectivity index (χ3n) is 3.97. The SMILES string of the molecule is CCCCCOCC1(CS(N)(=O)=O)CCCCCC1. The van der Waals surface area contributed by atoms with Gasteiger partial charge in [-0.1, -0.05) is 45.4 Å². The van der Waals surface area contributed by atoms with Crippen molar-refractivity contribution in [1.29, 1.82) is 0 Å². The summed E-state index contributed by atoms with van der Waals surface area (Å²) in [5.41, 5.74) is -0.240. The summed E-state index contributed by atoms with van der Waals surface area (Å²) in [6.07, 6.45) is 9.83. The Morgan fingerprint density at radius 1 is 1.11 bits per heavy atom. The smallest absolute Gasteiger partial charge is 0.209 e. The molecule has 0 spiro atoms. The highest BCUT2D eigenvalue weighted by Gasteiger charge is 2.35. The van der Waals surface area contributed by atoms with E-state index >= 15 is 0 Å². The molecule has 0 unspecified atom stereocenters. The fourth-order valence-corrected chi connectivity index (χ4v) is 4.20. The molecule has 1 aliphatic carbocycles. The van der Waals surface area contributed by atoms with E-state index in [1.54, 1.807) is 0 Å². The fourth-order valence-electron chi connectivity index (χ4n) is 2.98. The largest absolute Gasteiger partial charge is 0.381 e. The van der Waals surface area contributed by atoms with Crippen LogP contribution in [0, 0.1) is 5.41 Å². The predicted octanol–water partition coefficient (Wildman–Crippen LogP) is 2.82. The zero-order valence-corrected chi connectivity index (χ0v) is 13.0. The average Bonchev–Trinajstić information content (AvgIpc) is 2.53. The molecular weight excluding hydrogens is 262 g/mol. The number of sulfonamides is 1. The Balaban J connectivity index is 2.53. The molecular formula is C14H29NO3S. The third kappa shape index (κ3) is 7.28. The summed E-state index contributed by atoms with van der Waals surface area (Å²) in [5.74, 6) is 0.0772. The molecule has 0 heterocycles.